The van der Waals surface area contributed by atoms with E-state index in [0.717, 1.165) is 24.2 Å². The number of hydrogen-bond acceptors (Lipinski definition) is 5. The second-order valence-electron chi connectivity index (χ2n) is 7.16. The summed E-state index contributed by atoms with van der Waals surface area (Å²) >= 11 is 0. The Balaban J connectivity index is 0.000000755. The highest BCUT2D eigenvalue weighted by molar-refractivity contribution is 5.95. The van der Waals surface area contributed by atoms with E-state index in [1.807, 2.05) is 36.4 Å². The van der Waals surface area contributed by atoms with Crippen molar-refractivity contribution in [2.45, 2.75) is 24.9 Å². The second kappa shape index (κ2) is 10.0. The highest BCUT2D eigenvalue weighted by Crippen LogP contribution is 2.23. The van der Waals surface area contributed by atoms with E-state index in [-0.39, 0.29) is 30.2 Å². The van der Waals surface area contributed by atoms with E-state index in [2.05, 4.69) is 10.2 Å². The van der Waals surface area contributed by atoms with Gasteiger partial charge in [-0.25, -0.2) is 0 Å². The summed E-state index contributed by atoms with van der Waals surface area (Å²) in [6.45, 7) is 3.23. The normalized spacial score (nSPS) is 21.2. The fourth-order valence-electron chi connectivity index (χ4n) is 3.83. The zero-order valence-electron chi connectivity index (χ0n) is 16.2. The van der Waals surface area contributed by atoms with Crippen LogP contribution in [0.15, 0.2) is 48.5 Å². The smallest absolute Gasteiger partial charge is 0.290 e. The lowest BCUT2D eigenvalue weighted by molar-refractivity contribution is -0.122. The molecular weight excluding hydrogens is 372 g/mol. The van der Waals surface area contributed by atoms with E-state index in [4.69, 9.17) is 14.6 Å². The Kier molecular flexibility index (Phi) is 7.21. The Morgan fingerprint density at radius 3 is 2.14 bits per heavy atom. The number of amides is 1. The summed E-state index contributed by atoms with van der Waals surface area (Å²) < 4.78 is 5.63. The molecule has 2 aliphatic rings. The molecule has 0 saturated carbocycles. The molecule has 0 aromatic heterocycles. The minimum Gasteiger partial charge on any atom is -0.508 e. The fraction of sp³-hybridized carbons (Fsp3) is 0.364. The average molecular weight is 398 g/mol. The van der Waals surface area contributed by atoms with Gasteiger partial charge in [0.15, 0.2) is 0 Å². The molecule has 1 amide bonds. The molecule has 3 N–H and O–H groups in total. The first-order valence-electron chi connectivity index (χ1n) is 9.72. The number of nitrogens with one attached hydrogen (secondary N) is 1. The summed E-state index contributed by atoms with van der Waals surface area (Å²) in [6, 6.07) is 14.9. The maximum atomic E-state index is 12.6. The number of nitrogens with zero attached hydrogens (tertiary/aromatic N) is 1. The Morgan fingerprint density at radius 2 is 1.55 bits per heavy atom. The Hall–Kier alpha value is -2.90. The number of hydrogen-bond donors (Lipinski definition) is 3. The molecule has 2 atom stereocenters. The maximum Gasteiger partial charge on any atom is 0.290 e. The van der Waals surface area contributed by atoms with Crippen LogP contribution in [0.1, 0.15) is 23.2 Å². The van der Waals surface area contributed by atoms with Crippen LogP contribution in [0, 0.1) is 0 Å². The van der Waals surface area contributed by atoms with E-state index >= 15 is 0 Å². The highest BCUT2D eigenvalue weighted by Gasteiger charge is 2.35. The van der Waals surface area contributed by atoms with Crippen LogP contribution in [0.5, 0.6) is 5.75 Å². The third kappa shape index (κ3) is 5.34. The van der Waals surface area contributed by atoms with Crippen molar-refractivity contribution in [1.29, 1.82) is 0 Å². The Labute approximate surface area is 169 Å². The van der Waals surface area contributed by atoms with Crippen molar-refractivity contribution in [3.8, 4) is 16.9 Å². The molecule has 4 rings (SSSR count). The molecule has 0 aliphatic carbocycles. The first-order chi connectivity index (χ1) is 14.1. The summed E-state index contributed by atoms with van der Waals surface area (Å²) in [6.07, 6.45) is 2.46. The molecule has 2 fully saturated rings. The van der Waals surface area contributed by atoms with Gasteiger partial charge in [-0.05, 0) is 61.3 Å². The van der Waals surface area contributed by atoms with Crippen LogP contribution in [0.2, 0.25) is 0 Å². The fourth-order valence-corrected chi connectivity index (χ4v) is 3.83. The van der Waals surface area contributed by atoms with Crippen molar-refractivity contribution in [1.82, 2.24) is 10.2 Å². The number of phenols is 1. The Bertz CT molecular complexity index is 801. The highest BCUT2D eigenvalue weighted by atomic mass is 16.5. The van der Waals surface area contributed by atoms with Crippen molar-refractivity contribution in [3.05, 3.63) is 54.1 Å². The predicted molar refractivity (Wildman–Crippen MR) is 109 cm³/mol. The number of carboxylic acid groups (broad SMARTS) is 1. The SMILES string of the molecule is O=C(N[C@H]1COC[C@@H]1N1CCCC1)c1ccc(-c2ccc(O)cc2)cc1.O=CO. The number of ether oxygens (including phenoxy) is 1. The average Bonchev–Trinajstić information content (AvgIpc) is 3.41. The molecule has 2 saturated heterocycles. The maximum absolute atomic E-state index is 12.6. The number of aromatic hydroxyl groups is 1. The first kappa shape index (κ1) is 20.8. The zero-order valence-corrected chi connectivity index (χ0v) is 16.2. The van der Waals surface area contributed by atoms with Crippen LogP contribution >= 0.6 is 0 Å². The van der Waals surface area contributed by atoms with Gasteiger partial charge in [0, 0.05) is 5.56 Å². The van der Waals surface area contributed by atoms with Crippen molar-refractivity contribution in [2.75, 3.05) is 26.3 Å². The lowest BCUT2D eigenvalue weighted by Crippen LogP contribution is -2.50. The van der Waals surface area contributed by atoms with Crippen molar-refractivity contribution in [2.24, 2.45) is 0 Å². The summed E-state index contributed by atoms with van der Waals surface area (Å²) in [5, 5.41) is 19.4. The molecule has 29 heavy (non-hydrogen) atoms. The summed E-state index contributed by atoms with van der Waals surface area (Å²) in [5.41, 5.74) is 2.67. The van der Waals surface area contributed by atoms with Gasteiger partial charge in [0.05, 0.1) is 25.3 Å². The quantitative estimate of drug-likeness (QED) is 0.684. The van der Waals surface area contributed by atoms with Gasteiger partial charge >= 0.3 is 0 Å². The van der Waals surface area contributed by atoms with Gasteiger partial charge in [-0.1, -0.05) is 24.3 Å². The Morgan fingerprint density at radius 1 is 1.00 bits per heavy atom. The number of rotatable bonds is 4. The molecule has 154 valence electrons. The summed E-state index contributed by atoms with van der Waals surface area (Å²) in [4.78, 5) is 23.4. The molecule has 2 aromatic rings. The number of phenolic OH excluding ortho intramolecular Hbond substituents is 1. The minimum absolute atomic E-state index is 0.0531. The second-order valence-corrected chi connectivity index (χ2v) is 7.16. The molecule has 2 aromatic carbocycles. The van der Waals surface area contributed by atoms with Gasteiger partial charge in [-0.3, -0.25) is 14.5 Å². The van der Waals surface area contributed by atoms with Crippen LogP contribution in [0.3, 0.4) is 0 Å². The van der Waals surface area contributed by atoms with E-state index in [0.29, 0.717) is 18.8 Å². The molecular formula is C22H26N2O5. The third-order valence-corrected chi connectivity index (χ3v) is 5.32. The third-order valence-electron chi connectivity index (χ3n) is 5.32. The van der Waals surface area contributed by atoms with Crippen molar-refractivity contribution >= 4 is 12.4 Å². The van der Waals surface area contributed by atoms with Crippen molar-refractivity contribution in [3.63, 3.8) is 0 Å². The number of likely N-dealkylation sites (tertiary alicyclic amines) is 1. The van der Waals surface area contributed by atoms with Crippen LogP contribution in [-0.2, 0) is 9.53 Å². The van der Waals surface area contributed by atoms with E-state index in [1.54, 1.807) is 12.1 Å². The standard InChI is InChI=1S/C21H24N2O3.CH2O2/c24-18-9-7-16(8-10-18)15-3-5-17(6-4-15)21(25)22-19-13-26-14-20(19)23-11-1-2-12-23;2-1-3/h3-10,19-20,24H,1-2,11-14H2,(H,22,25);1H,(H,2,3)/t19-,20-;/m0./s1. The zero-order chi connectivity index (χ0) is 20.6. The molecule has 2 aliphatic heterocycles. The monoisotopic (exact) mass is 398 g/mol. The van der Waals surface area contributed by atoms with Gasteiger partial charge in [-0.15, -0.1) is 0 Å². The lowest BCUT2D eigenvalue weighted by Gasteiger charge is -2.27. The lowest BCUT2D eigenvalue weighted by atomic mass is 10.0. The summed E-state index contributed by atoms with van der Waals surface area (Å²) in [5.74, 6) is 0.193. The molecule has 0 spiro atoms. The van der Waals surface area contributed by atoms with Crippen molar-refractivity contribution < 1.29 is 24.5 Å². The van der Waals surface area contributed by atoms with Gasteiger partial charge in [-0.2, -0.15) is 0 Å². The predicted octanol–water partition coefficient (Wildman–Crippen LogP) is 2.35. The molecule has 7 nitrogen and oxygen atoms in total. The van der Waals surface area contributed by atoms with E-state index in [9.17, 15) is 9.90 Å². The topological polar surface area (TPSA) is 99.1 Å². The molecule has 2 heterocycles. The van der Waals surface area contributed by atoms with Gasteiger partial charge in [0.25, 0.3) is 12.4 Å². The van der Waals surface area contributed by atoms with E-state index < -0.39 is 0 Å². The number of benzene rings is 2. The van der Waals surface area contributed by atoms with Crippen LogP contribution in [0.4, 0.5) is 0 Å². The molecule has 0 radical (unpaired) electrons. The van der Waals surface area contributed by atoms with Crippen LogP contribution in [-0.4, -0.2) is 65.9 Å². The molecule has 7 heteroatoms. The van der Waals surface area contributed by atoms with Gasteiger partial charge < -0.3 is 20.3 Å². The minimum atomic E-state index is -0.250. The first-order valence-corrected chi connectivity index (χ1v) is 9.72. The van der Waals surface area contributed by atoms with Crippen LogP contribution < -0.4 is 5.32 Å². The van der Waals surface area contributed by atoms with E-state index in [1.165, 1.54) is 12.8 Å². The summed E-state index contributed by atoms with van der Waals surface area (Å²) in [7, 11) is 0. The number of carbonyl (C=O) groups excluding carboxylic acids is 1. The number of carbonyl (C=O) groups is 2. The van der Waals surface area contributed by atoms with Crippen LogP contribution in [0.25, 0.3) is 11.1 Å². The molecule has 0 bridgehead atoms. The largest absolute Gasteiger partial charge is 0.508 e. The van der Waals surface area contributed by atoms with Gasteiger partial charge in [0.1, 0.15) is 5.75 Å². The molecule has 0 unspecified atom stereocenters. The van der Waals surface area contributed by atoms with Gasteiger partial charge in [0.2, 0.25) is 0 Å².